The highest BCUT2D eigenvalue weighted by Gasteiger charge is 2.16. The van der Waals surface area contributed by atoms with Crippen LogP contribution in [-0.2, 0) is 0 Å². The highest BCUT2D eigenvalue weighted by Crippen LogP contribution is 2.15. The molecule has 0 aromatic rings. The quantitative estimate of drug-likeness (QED) is 0.0765. The standard InChI is InChI=1S/C34H71NO2/c1-3-5-7-9-11-13-15-17-19-21-23-25-27-29-31-35-33(32-36)34(37)30-28-26-24-22-20-18-16-14-12-10-8-6-4-2/h33-37H,3-32H2,1-2H3/t33-,34+/m0/s1. The molecule has 0 radical (unpaired) electrons. The molecule has 0 aromatic heterocycles. The normalized spacial score (nSPS) is 13.3. The summed E-state index contributed by atoms with van der Waals surface area (Å²) in [5.41, 5.74) is 0. The molecule has 0 aromatic carbocycles. The van der Waals surface area contributed by atoms with Gasteiger partial charge in [-0.05, 0) is 19.4 Å². The van der Waals surface area contributed by atoms with Crippen LogP contribution in [0.2, 0.25) is 0 Å². The van der Waals surface area contributed by atoms with E-state index in [2.05, 4.69) is 19.2 Å². The summed E-state index contributed by atoms with van der Waals surface area (Å²) in [5, 5.41) is 23.6. The lowest BCUT2D eigenvalue weighted by molar-refractivity contribution is 0.0810. The van der Waals surface area contributed by atoms with Crippen LogP contribution in [-0.4, -0.2) is 35.5 Å². The number of unbranched alkanes of at least 4 members (excludes halogenated alkanes) is 25. The Balaban J connectivity index is 3.40. The molecule has 37 heavy (non-hydrogen) atoms. The summed E-state index contributed by atoms with van der Waals surface area (Å²) >= 11 is 0. The van der Waals surface area contributed by atoms with E-state index < -0.39 is 6.10 Å². The van der Waals surface area contributed by atoms with Crippen LogP contribution in [0.15, 0.2) is 0 Å². The third kappa shape index (κ3) is 28.7. The summed E-state index contributed by atoms with van der Waals surface area (Å²) in [6.45, 7) is 5.52. The monoisotopic (exact) mass is 526 g/mol. The molecule has 0 fully saturated rings. The molecule has 0 amide bonds. The minimum Gasteiger partial charge on any atom is -0.395 e. The molecule has 0 saturated heterocycles. The zero-order valence-corrected chi connectivity index (χ0v) is 25.8. The fourth-order valence-electron chi connectivity index (χ4n) is 5.50. The van der Waals surface area contributed by atoms with E-state index in [1.165, 1.54) is 161 Å². The lowest BCUT2D eigenvalue weighted by Crippen LogP contribution is -2.43. The largest absolute Gasteiger partial charge is 0.395 e. The Hall–Kier alpha value is -0.120. The van der Waals surface area contributed by atoms with E-state index in [0.29, 0.717) is 0 Å². The average molecular weight is 526 g/mol. The predicted molar refractivity (Wildman–Crippen MR) is 166 cm³/mol. The van der Waals surface area contributed by atoms with Gasteiger partial charge in [-0.3, -0.25) is 0 Å². The first kappa shape index (κ1) is 36.9. The lowest BCUT2D eigenvalue weighted by atomic mass is 10.0. The maximum Gasteiger partial charge on any atom is 0.0715 e. The second-order valence-electron chi connectivity index (χ2n) is 11.9. The zero-order chi connectivity index (χ0) is 27.1. The van der Waals surface area contributed by atoms with Crippen molar-refractivity contribution in [1.29, 1.82) is 0 Å². The van der Waals surface area contributed by atoms with Gasteiger partial charge in [0.2, 0.25) is 0 Å². The molecule has 0 unspecified atom stereocenters. The van der Waals surface area contributed by atoms with E-state index in [1.807, 2.05) is 0 Å². The number of nitrogens with one attached hydrogen (secondary N) is 1. The Morgan fingerprint density at radius 1 is 0.432 bits per heavy atom. The van der Waals surface area contributed by atoms with Crippen molar-refractivity contribution in [2.45, 2.75) is 206 Å². The number of hydrogen-bond acceptors (Lipinski definition) is 3. The van der Waals surface area contributed by atoms with Crippen LogP contribution in [0.25, 0.3) is 0 Å². The lowest BCUT2D eigenvalue weighted by Gasteiger charge is -2.22. The molecule has 0 bridgehead atoms. The van der Waals surface area contributed by atoms with E-state index in [1.54, 1.807) is 0 Å². The van der Waals surface area contributed by atoms with Crippen LogP contribution in [0.4, 0.5) is 0 Å². The summed E-state index contributed by atoms with van der Waals surface area (Å²) in [4.78, 5) is 0. The van der Waals surface area contributed by atoms with Gasteiger partial charge in [-0.2, -0.15) is 0 Å². The van der Waals surface area contributed by atoms with Gasteiger partial charge in [0.05, 0.1) is 18.8 Å². The van der Waals surface area contributed by atoms with Crippen LogP contribution < -0.4 is 5.32 Å². The van der Waals surface area contributed by atoms with Gasteiger partial charge in [-0.15, -0.1) is 0 Å². The first-order valence-corrected chi connectivity index (χ1v) is 17.3. The second kappa shape index (κ2) is 32.1. The Labute approximate surface area is 234 Å². The minimum atomic E-state index is -0.413. The van der Waals surface area contributed by atoms with Crippen LogP contribution in [0, 0.1) is 0 Å². The average Bonchev–Trinajstić information content (AvgIpc) is 2.91. The maximum atomic E-state index is 10.5. The van der Waals surface area contributed by atoms with Crippen LogP contribution in [0.3, 0.4) is 0 Å². The van der Waals surface area contributed by atoms with E-state index in [0.717, 1.165) is 25.8 Å². The van der Waals surface area contributed by atoms with E-state index in [4.69, 9.17) is 0 Å². The molecule has 0 heterocycles. The van der Waals surface area contributed by atoms with Gasteiger partial charge in [-0.25, -0.2) is 0 Å². The third-order valence-electron chi connectivity index (χ3n) is 8.20. The summed E-state index contributed by atoms with van der Waals surface area (Å²) in [6.07, 6.45) is 37.2. The Bertz CT molecular complexity index is 403. The van der Waals surface area contributed by atoms with Crippen LogP contribution >= 0.6 is 0 Å². The number of rotatable bonds is 32. The molecule has 0 rings (SSSR count). The molecule has 2 atom stereocenters. The molecule has 0 aliphatic heterocycles. The van der Waals surface area contributed by atoms with Crippen molar-refractivity contribution in [3.63, 3.8) is 0 Å². The van der Waals surface area contributed by atoms with Gasteiger partial charge in [0.1, 0.15) is 0 Å². The first-order valence-electron chi connectivity index (χ1n) is 17.3. The van der Waals surface area contributed by atoms with Crippen molar-refractivity contribution in [1.82, 2.24) is 5.32 Å². The fraction of sp³-hybridized carbons (Fsp3) is 1.00. The van der Waals surface area contributed by atoms with Crippen LogP contribution in [0.1, 0.15) is 194 Å². The van der Waals surface area contributed by atoms with E-state index >= 15 is 0 Å². The zero-order valence-electron chi connectivity index (χ0n) is 25.8. The van der Waals surface area contributed by atoms with Crippen molar-refractivity contribution in [3.8, 4) is 0 Å². The summed E-state index contributed by atoms with van der Waals surface area (Å²) in [5.74, 6) is 0. The van der Waals surface area contributed by atoms with Crippen molar-refractivity contribution in [2.75, 3.05) is 13.2 Å². The number of aliphatic hydroxyl groups is 2. The molecule has 0 saturated carbocycles. The van der Waals surface area contributed by atoms with E-state index in [9.17, 15) is 10.2 Å². The minimum absolute atomic E-state index is 0.0399. The van der Waals surface area contributed by atoms with Crippen LogP contribution in [0.5, 0.6) is 0 Å². The second-order valence-corrected chi connectivity index (χ2v) is 11.9. The Morgan fingerprint density at radius 3 is 1.05 bits per heavy atom. The highest BCUT2D eigenvalue weighted by atomic mass is 16.3. The summed E-state index contributed by atoms with van der Waals surface area (Å²) in [7, 11) is 0. The Morgan fingerprint density at radius 2 is 0.730 bits per heavy atom. The van der Waals surface area contributed by atoms with Crippen molar-refractivity contribution in [2.24, 2.45) is 0 Å². The molecular formula is C34H71NO2. The van der Waals surface area contributed by atoms with Crippen molar-refractivity contribution < 1.29 is 10.2 Å². The molecule has 3 N–H and O–H groups in total. The van der Waals surface area contributed by atoms with Gasteiger partial charge in [-0.1, -0.05) is 181 Å². The molecule has 0 spiro atoms. The number of aliphatic hydroxyl groups excluding tert-OH is 2. The van der Waals surface area contributed by atoms with Gasteiger partial charge in [0.15, 0.2) is 0 Å². The fourth-order valence-corrected chi connectivity index (χ4v) is 5.50. The molecular weight excluding hydrogens is 454 g/mol. The van der Waals surface area contributed by atoms with Gasteiger partial charge < -0.3 is 15.5 Å². The Kier molecular flexibility index (Phi) is 32.0. The SMILES string of the molecule is CCCCCCCCCCCCCCCCN[C@@H](CO)[C@H](O)CCCCCCCCCCCCCCC. The summed E-state index contributed by atoms with van der Waals surface area (Å²) in [6, 6.07) is -0.153. The van der Waals surface area contributed by atoms with Crippen molar-refractivity contribution in [3.05, 3.63) is 0 Å². The van der Waals surface area contributed by atoms with Crippen molar-refractivity contribution >= 4 is 0 Å². The molecule has 3 heteroatoms. The molecule has 3 nitrogen and oxygen atoms in total. The highest BCUT2D eigenvalue weighted by molar-refractivity contribution is 4.75. The van der Waals surface area contributed by atoms with Gasteiger partial charge in [0.25, 0.3) is 0 Å². The number of hydrogen-bond donors (Lipinski definition) is 3. The smallest absolute Gasteiger partial charge is 0.0715 e. The molecule has 0 aliphatic rings. The predicted octanol–water partition coefficient (Wildman–Crippen LogP) is 10.3. The van der Waals surface area contributed by atoms with Gasteiger partial charge in [0, 0.05) is 0 Å². The summed E-state index contributed by atoms with van der Waals surface area (Å²) < 4.78 is 0. The first-order chi connectivity index (χ1) is 18.3. The topological polar surface area (TPSA) is 52.5 Å². The molecule has 224 valence electrons. The van der Waals surface area contributed by atoms with E-state index in [-0.39, 0.29) is 12.6 Å². The maximum absolute atomic E-state index is 10.5. The third-order valence-corrected chi connectivity index (χ3v) is 8.20. The molecule has 0 aliphatic carbocycles. The van der Waals surface area contributed by atoms with Gasteiger partial charge >= 0.3 is 0 Å².